The van der Waals surface area contributed by atoms with Crippen LogP contribution >= 0.6 is 22.9 Å². The molecular weight excluding hydrogens is 292 g/mol. The van der Waals surface area contributed by atoms with Crippen molar-refractivity contribution in [3.63, 3.8) is 0 Å². The first-order chi connectivity index (χ1) is 9.51. The minimum Gasteiger partial charge on any atom is -0.369 e. The third-order valence-electron chi connectivity index (χ3n) is 2.94. The van der Waals surface area contributed by atoms with E-state index in [0.29, 0.717) is 17.7 Å². The highest BCUT2D eigenvalue weighted by molar-refractivity contribution is 7.16. The van der Waals surface area contributed by atoms with Crippen molar-refractivity contribution in [3.05, 3.63) is 50.7 Å². The molecule has 0 aliphatic heterocycles. The lowest BCUT2D eigenvalue weighted by atomic mass is 10.1. The number of nitriles is 1. The summed E-state index contributed by atoms with van der Waals surface area (Å²) < 4.78 is 0.742. The number of carbonyl (C=O) groups excluding carboxylic acids is 1. The highest BCUT2D eigenvalue weighted by atomic mass is 35.5. The van der Waals surface area contributed by atoms with Gasteiger partial charge in [-0.1, -0.05) is 11.6 Å². The van der Waals surface area contributed by atoms with Crippen molar-refractivity contribution in [1.29, 1.82) is 5.26 Å². The van der Waals surface area contributed by atoms with Crippen LogP contribution in [0.15, 0.2) is 30.3 Å². The van der Waals surface area contributed by atoms with Crippen LogP contribution in [0.3, 0.4) is 0 Å². The Labute approximate surface area is 127 Å². The summed E-state index contributed by atoms with van der Waals surface area (Å²) in [6.45, 7) is 2.17. The molecule has 0 spiro atoms. The standard InChI is InChI=1S/C15H13ClN2OS/c1-10(19)13-5-3-11(8-17)7-14(13)18(2)9-12-4-6-15(16)20-12/h3-7H,9H2,1-2H3. The Morgan fingerprint density at radius 3 is 2.70 bits per heavy atom. The van der Waals surface area contributed by atoms with Gasteiger partial charge in [-0.05, 0) is 37.3 Å². The SMILES string of the molecule is CC(=O)c1ccc(C#N)cc1N(C)Cc1ccc(Cl)s1. The van der Waals surface area contributed by atoms with Gasteiger partial charge in [-0.3, -0.25) is 4.79 Å². The number of benzene rings is 1. The summed E-state index contributed by atoms with van der Waals surface area (Å²) in [5.74, 6) is -0.0134. The van der Waals surface area contributed by atoms with E-state index in [4.69, 9.17) is 16.9 Å². The second-order valence-corrected chi connectivity index (χ2v) is 6.26. The van der Waals surface area contributed by atoms with E-state index in [2.05, 4.69) is 6.07 Å². The van der Waals surface area contributed by atoms with E-state index in [-0.39, 0.29) is 5.78 Å². The number of nitrogens with zero attached hydrogens (tertiary/aromatic N) is 2. The predicted octanol–water partition coefficient (Wildman–Crippen LogP) is 4.11. The number of anilines is 1. The molecule has 5 heteroatoms. The summed E-state index contributed by atoms with van der Waals surface area (Å²) >= 11 is 7.43. The first-order valence-corrected chi connectivity index (χ1v) is 7.21. The fourth-order valence-corrected chi connectivity index (χ4v) is 3.11. The number of halogens is 1. The molecule has 20 heavy (non-hydrogen) atoms. The van der Waals surface area contributed by atoms with Crippen molar-refractivity contribution in [3.8, 4) is 6.07 Å². The number of rotatable bonds is 4. The average Bonchev–Trinajstić information content (AvgIpc) is 2.83. The van der Waals surface area contributed by atoms with E-state index in [9.17, 15) is 4.79 Å². The molecule has 0 saturated carbocycles. The first-order valence-electron chi connectivity index (χ1n) is 6.01. The van der Waals surface area contributed by atoms with E-state index < -0.39 is 0 Å². The lowest BCUT2D eigenvalue weighted by Crippen LogP contribution is -2.18. The highest BCUT2D eigenvalue weighted by Gasteiger charge is 2.13. The van der Waals surface area contributed by atoms with Gasteiger partial charge in [0.1, 0.15) is 0 Å². The van der Waals surface area contributed by atoms with Crippen LogP contribution in [-0.4, -0.2) is 12.8 Å². The molecule has 102 valence electrons. The molecule has 2 rings (SSSR count). The number of thiophene rings is 1. The average molecular weight is 305 g/mol. The monoisotopic (exact) mass is 304 g/mol. The van der Waals surface area contributed by atoms with Gasteiger partial charge in [0.05, 0.1) is 22.5 Å². The number of hydrogen-bond acceptors (Lipinski definition) is 4. The summed E-state index contributed by atoms with van der Waals surface area (Å²) in [5, 5.41) is 9.00. The van der Waals surface area contributed by atoms with Gasteiger partial charge >= 0.3 is 0 Å². The zero-order valence-corrected chi connectivity index (χ0v) is 12.8. The molecule has 1 heterocycles. The van der Waals surface area contributed by atoms with Crippen molar-refractivity contribution in [2.75, 3.05) is 11.9 Å². The Morgan fingerprint density at radius 1 is 1.40 bits per heavy atom. The van der Waals surface area contributed by atoms with Gasteiger partial charge in [0.15, 0.2) is 5.78 Å². The largest absolute Gasteiger partial charge is 0.369 e. The van der Waals surface area contributed by atoms with E-state index in [0.717, 1.165) is 14.9 Å². The maximum absolute atomic E-state index is 11.7. The van der Waals surface area contributed by atoms with Gasteiger partial charge < -0.3 is 4.90 Å². The molecule has 0 unspecified atom stereocenters. The predicted molar refractivity (Wildman–Crippen MR) is 82.6 cm³/mol. The highest BCUT2D eigenvalue weighted by Crippen LogP contribution is 2.27. The van der Waals surface area contributed by atoms with Crippen LogP contribution in [0.4, 0.5) is 5.69 Å². The lowest BCUT2D eigenvalue weighted by Gasteiger charge is -2.21. The smallest absolute Gasteiger partial charge is 0.161 e. The minimum atomic E-state index is -0.0134. The normalized spacial score (nSPS) is 10.1. The van der Waals surface area contributed by atoms with Crippen molar-refractivity contribution >= 4 is 34.4 Å². The zero-order valence-electron chi connectivity index (χ0n) is 11.2. The third kappa shape index (κ3) is 3.19. The quantitative estimate of drug-likeness (QED) is 0.798. The maximum atomic E-state index is 11.7. The topological polar surface area (TPSA) is 44.1 Å². The lowest BCUT2D eigenvalue weighted by molar-refractivity contribution is 0.101. The molecule has 1 aromatic carbocycles. The molecule has 0 amide bonds. The van der Waals surface area contributed by atoms with Crippen molar-refractivity contribution < 1.29 is 4.79 Å². The molecule has 0 bridgehead atoms. The van der Waals surface area contributed by atoms with E-state index in [1.807, 2.05) is 24.1 Å². The Balaban J connectivity index is 2.34. The van der Waals surface area contributed by atoms with Gasteiger partial charge in [-0.2, -0.15) is 5.26 Å². The Kier molecular flexibility index (Phi) is 4.43. The van der Waals surface area contributed by atoms with Gasteiger partial charge in [0, 0.05) is 23.2 Å². The van der Waals surface area contributed by atoms with Gasteiger partial charge in [0.2, 0.25) is 0 Å². The van der Waals surface area contributed by atoms with Gasteiger partial charge in [0.25, 0.3) is 0 Å². The molecule has 0 saturated heterocycles. The Hall–Kier alpha value is -1.83. The molecule has 3 nitrogen and oxygen atoms in total. The third-order valence-corrected chi connectivity index (χ3v) is 4.16. The van der Waals surface area contributed by atoms with Crippen molar-refractivity contribution in [1.82, 2.24) is 0 Å². The van der Waals surface area contributed by atoms with Crippen LogP contribution < -0.4 is 4.90 Å². The Morgan fingerprint density at radius 2 is 2.15 bits per heavy atom. The van der Waals surface area contributed by atoms with Crippen LogP contribution in [0.2, 0.25) is 4.34 Å². The number of Topliss-reactive ketones (excluding diaryl/α,β-unsaturated/α-hetero) is 1. The van der Waals surface area contributed by atoms with Gasteiger partial charge in [-0.15, -0.1) is 11.3 Å². The fourth-order valence-electron chi connectivity index (χ4n) is 1.97. The molecule has 2 aromatic rings. The van der Waals surface area contributed by atoms with Crippen molar-refractivity contribution in [2.45, 2.75) is 13.5 Å². The number of hydrogen-bond donors (Lipinski definition) is 0. The van der Waals surface area contributed by atoms with Crippen molar-refractivity contribution in [2.24, 2.45) is 0 Å². The number of ketones is 1. The molecule has 0 N–H and O–H groups in total. The summed E-state index contributed by atoms with van der Waals surface area (Å²) in [6, 6.07) is 11.0. The van der Waals surface area contributed by atoms with Crippen LogP contribution in [0.5, 0.6) is 0 Å². The molecule has 1 aromatic heterocycles. The fraction of sp³-hybridized carbons (Fsp3) is 0.200. The van der Waals surface area contributed by atoms with Crippen LogP contribution in [-0.2, 0) is 6.54 Å². The first kappa shape index (κ1) is 14.6. The van der Waals surface area contributed by atoms with Crippen LogP contribution in [0.25, 0.3) is 0 Å². The van der Waals surface area contributed by atoms with E-state index in [1.165, 1.54) is 18.3 Å². The zero-order chi connectivity index (χ0) is 14.7. The Bertz CT molecular complexity index is 687. The summed E-state index contributed by atoms with van der Waals surface area (Å²) in [7, 11) is 1.90. The van der Waals surface area contributed by atoms with E-state index in [1.54, 1.807) is 18.2 Å². The molecule has 0 aliphatic rings. The summed E-state index contributed by atoms with van der Waals surface area (Å²) in [5.41, 5.74) is 1.93. The molecule has 0 atom stereocenters. The van der Waals surface area contributed by atoms with E-state index >= 15 is 0 Å². The second-order valence-electron chi connectivity index (χ2n) is 4.46. The van der Waals surface area contributed by atoms with Gasteiger partial charge in [-0.25, -0.2) is 0 Å². The second kappa shape index (κ2) is 6.08. The minimum absolute atomic E-state index is 0.0134. The molecule has 0 aliphatic carbocycles. The number of carbonyl (C=O) groups is 1. The maximum Gasteiger partial charge on any atom is 0.161 e. The van der Waals surface area contributed by atoms with Crippen LogP contribution in [0, 0.1) is 11.3 Å². The molecule has 0 radical (unpaired) electrons. The molecular formula is C15H13ClN2OS. The summed E-state index contributed by atoms with van der Waals surface area (Å²) in [4.78, 5) is 14.8. The molecule has 0 fully saturated rings. The van der Waals surface area contributed by atoms with Crippen LogP contribution in [0.1, 0.15) is 27.7 Å². The summed E-state index contributed by atoms with van der Waals surface area (Å²) in [6.07, 6.45) is 0.